The van der Waals surface area contributed by atoms with Crippen molar-refractivity contribution in [3.8, 4) is 0 Å². The lowest BCUT2D eigenvalue weighted by Gasteiger charge is -2.69. The molecule has 0 saturated heterocycles. The van der Waals surface area contributed by atoms with Gasteiger partial charge in [0.15, 0.2) is 0 Å². The van der Waals surface area contributed by atoms with Gasteiger partial charge in [0.05, 0.1) is 6.61 Å². The maximum atomic E-state index is 13.6. The highest BCUT2D eigenvalue weighted by Gasteiger charge is 2.67. The number of hydrogen-bond donors (Lipinski definition) is 2. The van der Waals surface area contributed by atoms with Gasteiger partial charge in [0.25, 0.3) is 0 Å². The van der Waals surface area contributed by atoms with Crippen LogP contribution in [0.5, 0.6) is 0 Å². The van der Waals surface area contributed by atoms with Crippen molar-refractivity contribution in [1.82, 2.24) is 0 Å². The molecule has 8 atom stereocenters. The predicted octanol–water partition coefficient (Wildman–Crippen LogP) is 10.1. The zero-order chi connectivity index (χ0) is 39.1. The van der Waals surface area contributed by atoms with Crippen molar-refractivity contribution in [3.05, 3.63) is 45.6 Å². The van der Waals surface area contributed by atoms with Gasteiger partial charge in [-0.05, 0) is 148 Å². The molecule has 7 aliphatic carbocycles. The molecule has 0 aliphatic heterocycles. The first-order valence-corrected chi connectivity index (χ1v) is 21.0. The molecule has 0 amide bonds. The molecule has 2 N–H and O–H groups in total. The zero-order valence-corrected chi connectivity index (χ0v) is 34.0. The summed E-state index contributed by atoms with van der Waals surface area (Å²) in [6, 6.07) is 0. The minimum atomic E-state index is -1.00. The molecule has 0 heterocycles. The molecule has 296 valence electrons. The number of hydrogen-bond acceptors (Lipinski definition) is 6. The average molecular weight is 745 g/mol. The summed E-state index contributed by atoms with van der Waals surface area (Å²) in [5.74, 6) is -2.17. The Morgan fingerprint density at radius 3 is 1.89 bits per heavy atom. The lowest BCUT2D eigenvalue weighted by atomic mass is 9.35. The molecule has 3 saturated carbocycles. The largest absolute Gasteiger partial charge is 0.478 e. The molecule has 0 aromatic rings. The van der Waals surface area contributed by atoms with Gasteiger partial charge in [-0.2, -0.15) is 0 Å². The Bertz CT molecular complexity index is 1760. The van der Waals surface area contributed by atoms with Crippen LogP contribution >= 0.6 is 0 Å². The van der Waals surface area contributed by atoms with E-state index in [0.29, 0.717) is 55.3 Å². The Morgan fingerprint density at radius 2 is 1.28 bits per heavy atom. The van der Waals surface area contributed by atoms with E-state index < -0.39 is 23.9 Å². The highest BCUT2D eigenvalue weighted by Crippen LogP contribution is 2.74. The molecular weight excluding hydrogens is 680 g/mol. The van der Waals surface area contributed by atoms with Gasteiger partial charge >= 0.3 is 23.9 Å². The molecule has 3 fully saturated rings. The number of rotatable bonds is 7. The summed E-state index contributed by atoms with van der Waals surface area (Å²) in [7, 11) is 0. The third-order valence-electron chi connectivity index (χ3n) is 17.0. The highest BCUT2D eigenvalue weighted by molar-refractivity contribution is 6.00. The highest BCUT2D eigenvalue weighted by atomic mass is 16.5. The zero-order valence-electron chi connectivity index (χ0n) is 34.0. The molecular formula is C46H64O8. The number of aliphatic carboxylic acids is 2. The van der Waals surface area contributed by atoms with Gasteiger partial charge in [-0.25, -0.2) is 19.2 Å². The molecule has 6 unspecified atom stereocenters. The molecule has 0 bridgehead atoms. The third kappa shape index (κ3) is 6.06. The normalized spacial score (nSPS) is 40.2. The molecule has 0 spiro atoms. The van der Waals surface area contributed by atoms with Crippen LogP contribution in [-0.2, 0) is 28.7 Å². The Morgan fingerprint density at radius 1 is 0.704 bits per heavy atom. The lowest BCUT2D eigenvalue weighted by molar-refractivity contribution is -0.197. The second-order valence-corrected chi connectivity index (χ2v) is 20.4. The van der Waals surface area contributed by atoms with Crippen LogP contribution in [0, 0.1) is 44.3 Å². The van der Waals surface area contributed by atoms with Crippen molar-refractivity contribution in [2.24, 2.45) is 44.3 Å². The van der Waals surface area contributed by atoms with Crippen LogP contribution in [0.25, 0.3) is 0 Å². The van der Waals surface area contributed by atoms with Crippen LogP contribution in [0.2, 0.25) is 0 Å². The first-order chi connectivity index (χ1) is 25.3. The first-order valence-electron chi connectivity index (χ1n) is 21.0. The minimum Gasteiger partial charge on any atom is -0.478 e. The molecule has 0 radical (unpaired) electrons. The number of carbonyl (C=O) groups is 4. The summed E-state index contributed by atoms with van der Waals surface area (Å²) in [6.45, 7) is 17.1. The fourth-order valence-electron chi connectivity index (χ4n) is 13.3. The van der Waals surface area contributed by atoms with E-state index in [2.05, 4.69) is 60.6 Å². The molecule has 0 aromatic carbocycles. The van der Waals surface area contributed by atoms with Crippen LogP contribution in [0.1, 0.15) is 158 Å². The van der Waals surface area contributed by atoms with Gasteiger partial charge < -0.3 is 19.7 Å². The molecule has 8 heteroatoms. The summed E-state index contributed by atoms with van der Waals surface area (Å²) in [4.78, 5) is 50.7. The number of allylic oxidation sites excluding steroid dienone is 4. The number of carboxylic acid groups (broad SMARTS) is 2. The molecule has 8 nitrogen and oxygen atoms in total. The summed E-state index contributed by atoms with van der Waals surface area (Å²) < 4.78 is 12.3. The van der Waals surface area contributed by atoms with E-state index in [1.54, 1.807) is 0 Å². The van der Waals surface area contributed by atoms with Crippen LogP contribution in [-0.4, -0.2) is 46.8 Å². The van der Waals surface area contributed by atoms with Gasteiger partial charge in [0, 0.05) is 33.1 Å². The van der Waals surface area contributed by atoms with E-state index in [9.17, 15) is 29.4 Å². The molecule has 7 aliphatic rings. The van der Waals surface area contributed by atoms with E-state index >= 15 is 0 Å². The SMILES string of the molecule is CC12CC[C@](C)(COC(=O)C3=C(C(=O)O)CCCC3)CC1=C1C=CC3C4(C)CCC(OC(=O)C5=C(C(=O)O)CCCC5)C(C)(C)C4CCC3(C)[C@]1(C)CC2. The van der Waals surface area contributed by atoms with Crippen LogP contribution in [0.15, 0.2) is 45.6 Å². The van der Waals surface area contributed by atoms with E-state index in [0.717, 1.165) is 83.5 Å². The van der Waals surface area contributed by atoms with E-state index in [4.69, 9.17) is 9.47 Å². The van der Waals surface area contributed by atoms with E-state index in [1.165, 1.54) is 11.1 Å². The summed E-state index contributed by atoms with van der Waals surface area (Å²) in [6.07, 6.45) is 18.8. The molecule has 0 aromatic heterocycles. The Labute approximate surface area is 322 Å². The average Bonchev–Trinajstić information content (AvgIpc) is 3.13. The number of ether oxygens (including phenoxy) is 2. The number of fused-ring (bicyclic) bond motifs is 6. The predicted molar refractivity (Wildman–Crippen MR) is 206 cm³/mol. The number of carboxylic acids is 2. The Hall–Kier alpha value is -3.16. The van der Waals surface area contributed by atoms with Gasteiger partial charge in [-0.15, -0.1) is 0 Å². The Balaban J connectivity index is 1.14. The maximum Gasteiger partial charge on any atom is 0.334 e. The van der Waals surface area contributed by atoms with E-state index in [1.807, 2.05) is 0 Å². The topological polar surface area (TPSA) is 127 Å². The monoisotopic (exact) mass is 744 g/mol. The second-order valence-electron chi connectivity index (χ2n) is 20.4. The Kier molecular flexibility index (Phi) is 9.77. The van der Waals surface area contributed by atoms with Crippen LogP contribution in [0.4, 0.5) is 0 Å². The summed E-state index contributed by atoms with van der Waals surface area (Å²) in [5.41, 5.74) is 3.88. The summed E-state index contributed by atoms with van der Waals surface area (Å²) >= 11 is 0. The van der Waals surface area contributed by atoms with Crippen molar-refractivity contribution in [3.63, 3.8) is 0 Å². The molecule has 7 rings (SSSR count). The minimum absolute atomic E-state index is 0.0123. The first kappa shape index (κ1) is 39.1. The van der Waals surface area contributed by atoms with Gasteiger partial charge in [0.2, 0.25) is 0 Å². The standard InChI is InChI=1S/C46H64O8/c1-41(2)34-18-21-46(7)35(44(34,5)20-19-36(41)54-40(52)31-15-11-9-13-29(31)38(49)50)17-16-32-33-26-42(3,22-23-43(33,4)24-25-45(32,46)6)27-53-39(51)30-14-10-8-12-28(30)37(47)48/h16-17,34-36H,8-15,18-27H2,1-7H3,(H,47,48)(H,49,50)/t34?,35?,36?,42-,43?,44?,45+,46?/m0/s1. The quantitative estimate of drug-likeness (QED) is 0.247. The number of esters is 2. The van der Waals surface area contributed by atoms with Crippen LogP contribution in [0.3, 0.4) is 0 Å². The van der Waals surface area contributed by atoms with Gasteiger partial charge in [0.1, 0.15) is 6.10 Å². The van der Waals surface area contributed by atoms with Crippen LogP contribution < -0.4 is 0 Å². The van der Waals surface area contributed by atoms with Crippen molar-refractivity contribution < 1.29 is 38.9 Å². The summed E-state index contributed by atoms with van der Waals surface area (Å²) in [5, 5.41) is 19.5. The van der Waals surface area contributed by atoms with Crippen molar-refractivity contribution in [1.29, 1.82) is 0 Å². The second kappa shape index (κ2) is 13.5. The van der Waals surface area contributed by atoms with E-state index in [-0.39, 0.29) is 49.7 Å². The smallest absolute Gasteiger partial charge is 0.334 e. The fourth-order valence-corrected chi connectivity index (χ4v) is 13.3. The van der Waals surface area contributed by atoms with Crippen molar-refractivity contribution in [2.75, 3.05) is 6.61 Å². The lowest BCUT2D eigenvalue weighted by Crippen LogP contribution is -2.63. The fraction of sp³-hybridized carbons (Fsp3) is 0.739. The van der Waals surface area contributed by atoms with Crippen molar-refractivity contribution >= 4 is 23.9 Å². The third-order valence-corrected chi connectivity index (χ3v) is 17.0. The number of carbonyl (C=O) groups excluding carboxylic acids is 2. The van der Waals surface area contributed by atoms with Gasteiger partial charge in [-0.3, -0.25) is 0 Å². The van der Waals surface area contributed by atoms with Crippen molar-refractivity contribution in [2.45, 2.75) is 164 Å². The van der Waals surface area contributed by atoms with Gasteiger partial charge in [-0.1, -0.05) is 66.2 Å². The molecule has 54 heavy (non-hydrogen) atoms. The maximum absolute atomic E-state index is 13.6.